The second-order valence-electron chi connectivity index (χ2n) is 9.60. The number of amides is 2. The lowest BCUT2D eigenvalue weighted by Gasteiger charge is -2.33. The Hall–Kier alpha value is -2.99. The van der Waals surface area contributed by atoms with E-state index in [1.54, 1.807) is 6.92 Å². The third-order valence-corrected chi connectivity index (χ3v) is 7.14. The summed E-state index contributed by atoms with van der Waals surface area (Å²) in [7, 11) is 0. The van der Waals surface area contributed by atoms with Crippen molar-refractivity contribution in [2.45, 2.75) is 68.5 Å². The highest BCUT2D eigenvalue weighted by molar-refractivity contribution is 6.21. The molecule has 6 nitrogen and oxygen atoms in total. The van der Waals surface area contributed by atoms with Crippen LogP contribution in [-0.4, -0.2) is 40.0 Å². The molecule has 1 fully saturated rings. The molecule has 1 saturated carbocycles. The van der Waals surface area contributed by atoms with Gasteiger partial charge in [-0.15, -0.1) is 11.6 Å². The number of rotatable bonds is 8. The molecule has 35 heavy (non-hydrogen) atoms. The van der Waals surface area contributed by atoms with Crippen LogP contribution in [0, 0.1) is 6.92 Å². The number of alkyl carbamates (subject to hydrolysis) is 1. The first-order valence-electron chi connectivity index (χ1n) is 12.2. The Morgan fingerprint density at radius 2 is 1.86 bits per heavy atom. The van der Waals surface area contributed by atoms with Crippen LogP contribution < -0.4 is 10.6 Å². The van der Waals surface area contributed by atoms with E-state index in [9.17, 15) is 9.59 Å². The predicted octanol–water partition coefficient (Wildman–Crippen LogP) is 5.31. The topological polar surface area (TPSA) is 83.2 Å². The molecule has 185 valence electrons. The maximum Gasteiger partial charge on any atom is 0.408 e. The van der Waals surface area contributed by atoms with Gasteiger partial charge in [0, 0.05) is 29.6 Å². The number of H-pyrrole nitrogens is 1. The summed E-state index contributed by atoms with van der Waals surface area (Å²) in [5, 5.41) is 6.65. The number of hydrogen-bond donors (Lipinski definition) is 3. The normalized spacial score (nSPS) is 20.5. The number of carbonyl (C=O) groups is 2. The van der Waals surface area contributed by atoms with Gasteiger partial charge in [-0.25, -0.2) is 4.79 Å². The van der Waals surface area contributed by atoms with Crippen LogP contribution in [0.1, 0.15) is 43.7 Å². The van der Waals surface area contributed by atoms with Gasteiger partial charge in [0.05, 0.1) is 5.38 Å². The molecule has 0 spiro atoms. The lowest BCUT2D eigenvalue weighted by Crippen LogP contribution is -2.60. The molecule has 1 heterocycles. The Bertz CT molecular complexity index is 1150. The summed E-state index contributed by atoms with van der Waals surface area (Å²) in [4.78, 5) is 29.8. The molecule has 0 saturated heterocycles. The van der Waals surface area contributed by atoms with Crippen LogP contribution in [0.15, 0.2) is 60.8 Å². The molecule has 1 aromatic heterocycles. The molecule has 0 aliphatic heterocycles. The summed E-state index contributed by atoms with van der Waals surface area (Å²) >= 11 is 6.39. The first-order valence-corrected chi connectivity index (χ1v) is 12.6. The molecule has 1 aliphatic carbocycles. The van der Waals surface area contributed by atoms with Gasteiger partial charge < -0.3 is 20.4 Å². The van der Waals surface area contributed by atoms with Gasteiger partial charge in [-0.05, 0) is 56.7 Å². The second kappa shape index (κ2) is 11.2. The summed E-state index contributed by atoms with van der Waals surface area (Å²) in [6, 6.07) is 17.4. The fourth-order valence-corrected chi connectivity index (χ4v) is 5.04. The van der Waals surface area contributed by atoms with Gasteiger partial charge in [0.1, 0.15) is 11.6 Å². The van der Waals surface area contributed by atoms with Crippen LogP contribution in [0.3, 0.4) is 0 Å². The Balaban J connectivity index is 1.51. The quantitative estimate of drug-likeness (QED) is 0.371. The lowest BCUT2D eigenvalue weighted by molar-refractivity contribution is -0.127. The van der Waals surface area contributed by atoms with Crippen LogP contribution in [0.4, 0.5) is 4.79 Å². The van der Waals surface area contributed by atoms with Gasteiger partial charge in [-0.1, -0.05) is 55.0 Å². The van der Waals surface area contributed by atoms with Gasteiger partial charge in [0.25, 0.3) is 0 Å². The zero-order valence-corrected chi connectivity index (χ0v) is 20.8. The van der Waals surface area contributed by atoms with Crippen molar-refractivity contribution in [2.24, 2.45) is 0 Å². The molecule has 2 aromatic carbocycles. The average Bonchev–Trinajstić information content (AvgIpc) is 3.23. The van der Waals surface area contributed by atoms with Crippen molar-refractivity contribution in [3.63, 3.8) is 0 Å². The Morgan fingerprint density at radius 1 is 1.14 bits per heavy atom. The van der Waals surface area contributed by atoms with Gasteiger partial charge in [0.15, 0.2) is 0 Å². The van der Waals surface area contributed by atoms with E-state index in [1.807, 2.05) is 60.8 Å². The van der Waals surface area contributed by atoms with Gasteiger partial charge >= 0.3 is 6.09 Å². The number of alkyl halides is 1. The molecule has 1 radical (unpaired) electrons. The maximum atomic E-state index is 13.6. The minimum Gasteiger partial charge on any atom is -0.445 e. The largest absolute Gasteiger partial charge is 0.445 e. The third kappa shape index (κ3) is 6.37. The van der Waals surface area contributed by atoms with E-state index in [0.29, 0.717) is 6.42 Å². The minimum absolute atomic E-state index is 0.210. The number of aromatic nitrogens is 1. The molecule has 4 unspecified atom stereocenters. The summed E-state index contributed by atoms with van der Waals surface area (Å²) in [6.45, 7) is 5.84. The van der Waals surface area contributed by atoms with E-state index in [-0.39, 0.29) is 29.9 Å². The van der Waals surface area contributed by atoms with E-state index in [2.05, 4.69) is 22.5 Å². The Labute approximate surface area is 211 Å². The standard InChI is InChI=1S/C28H33ClN3O3/c1-19(16-20-10-4-3-5-11-20)31-26(33)28(2,17-21-18-30-24-14-8-6-12-22(21)24)32-27(34)35-25-15-9-7-13-23(25)29/h3-6,8,10-12,14,18-19,23,25,30H,1,7,9,13,15-17H2,2H3,(H,31,33)(H,32,34). The van der Waals surface area contributed by atoms with Crippen molar-refractivity contribution in [1.29, 1.82) is 0 Å². The number of hydrogen-bond acceptors (Lipinski definition) is 3. The highest BCUT2D eigenvalue weighted by atomic mass is 35.5. The smallest absolute Gasteiger partial charge is 0.408 e. The Kier molecular flexibility index (Phi) is 8.01. The number of halogens is 1. The van der Waals surface area contributed by atoms with Crippen molar-refractivity contribution < 1.29 is 14.3 Å². The lowest BCUT2D eigenvalue weighted by atomic mass is 9.91. The number of carbonyl (C=O) groups excluding carboxylic acids is 2. The van der Waals surface area contributed by atoms with E-state index < -0.39 is 11.6 Å². The minimum atomic E-state index is -1.26. The molecule has 2 amide bonds. The van der Waals surface area contributed by atoms with Gasteiger partial charge in [-0.3, -0.25) is 4.79 Å². The van der Waals surface area contributed by atoms with Gasteiger partial charge in [-0.2, -0.15) is 0 Å². The zero-order valence-electron chi connectivity index (χ0n) is 20.1. The zero-order chi connectivity index (χ0) is 24.8. The molecule has 1 aliphatic rings. The number of ether oxygens (including phenoxy) is 1. The average molecular weight is 495 g/mol. The molecule has 0 bridgehead atoms. The number of para-hydroxylation sites is 1. The summed E-state index contributed by atoms with van der Waals surface area (Å²) < 4.78 is 5.67. The number of aromatic amines is 1. The summed E-state index contributed by atoms with van der Waals surface area (Å²) in [5.74, 6) is -0.318. The molecule has 4 rings (SSSR count). The third-order valence-electron chi connectivity index (χ3n) is 6.64. The van der Waals surface area contributed by atoms with Crippen LogP contribution in [0.5, 0.6) is 0 Å². The predicted molar refractivity (Wildman–Crippen MR) is 139 cm³/mol. The molecular formula is C28H33ClN3O3. The fourth-order valence-electron chi connectivity index (χ4n) is 4.71. The first kappa shape index (κ1) is 25.1. The Morgan fingerprint density at radius 3 is 2.63 bits per heavy atom. The van der Waals surface area contributed by atoms with Gasteiger partial charge in [0.2, 0.25) is 5.91 Å². The highest BCUT2D eigenvalue weighted by Gasteiger charge is 2.38. The number of nitrogens with one attached hydrogen (secondary N) is 3. The fraction of sp³-hybridized carbons (Fsp3) is 0.393. The molecule has 7 heteroatoms. The number of fused-ring (bicyclic) bond motifs is 1. The van der Waals surface area contributed by atoms with Crippen molar-refractivity contribution in [3.8, 4) is 0 Å². The summed E-state index contributed by atoms with van der Waals surface area (Å²) in [6.07, 6.45) is 5.29. The van der Waals surface area contributed by atoms with Crippen LogP contribution in [0.25, 0.3) is 10.9 Å². The number of benzene rings is 2. The van der Waals surface area contributed by atoms with Crippen LogP contribution in [-0.2, 0) is 22.4 Å². The molecule has 3 aromatic rings. The highest BCUT2D eigenvalue weighted by Crippen LogP contribution is 2.27. The van der Waals surface area contributed by atoms with Crippen molar-refractivity contribution in [1.82, 2.24) is 15.6 Å². The van der Waals surface area contributed by atoms with Crippen LogP contribution in [0.2, 0.25) is 0 Å². The van der Waals surface area contributed by atoms with Crippen molar-refractivity contribution in [3.05, 3.63) is 78.8 Å². The SMILES string of the molecule is [CH2]C(Cc1ccccc1)NC(=O)C(C)(Cc1c[nH]c2ccccc12)NC(=O)OC1CCCCC1Cl. The van der Waals surface area contributed by atoms with E-state index in [1.165, 1.54) is 0 Å². The second-order valence-corrected chi connectivity index (χ2v) is 10.2. The summed E-state index contributed by atoms with van der Waals surface area (Å²) in [5.41, 5.74) is 1.71. The molecule has 4 atom stereocenters. The van der Waals surface area contributed by atoms with Crippen molar-refractivity contribution >= 4 is 34.5 Å². The monoisotopic (exact) mass is 494 g/mol. The van der Waals surface area contributed by atoms with Crippen LogP contribution >= 0.6 is 11.6 Å². The van der Waals surface area contributed by atoms with E-state index in [4.69, 9.17) is 16.3 Å². The first-order chi connectivity index (χ1) is 16.8. The molecule has 3 N–H and O–H groups in total. The maximum absolute atomic E-state index is 13.6. The van der Waals surface area contributed by atoms with E-state index in [0.717, 1.165) is 47.7 Å². The molecular weight excluding hydrogens is 462 g/mol. The van der Waals surface area contributed by atoms with Crippen molar-refractivity contribution in [2.75, 3.05) is 0 Å². The van der Waals surface area contributed by atoms with E-state index >= 15 is 0 Å².